The summed E-state index contributed by atoms with van der Waals surface area (Å²) in [5.41, 5.74) is 5.11. The molecule has 1 aliphatic rings. The number of carbonyl (C=O) groups excluding carboxylic acids is 1. The van der Waals surface area contributed by atoms with Crippen molar-refractivity contribution >= 4 is 6.03 Å². The second kappa shape index (κ2) is 5.20. The molecular weight excluding hydrogens is 178 g/mol. The van der Waals surface area contributed by atoms with E-state index in [4.69, 9.17) is 5.73 Å². The molecule has 0 aromatic rings. The molecular formula is C10H21N3O. The summed E-state index contributed by atoms with van der Waals surface area (Å²) in [5, 5.41) is 2.74. The molecule has 0 aromatic carbocycles. The SMILES string of the molecule is CCC1CCCCN1C(C)NC(N)=O. The van der Waals surface area contributed by atoms with Gasteiger partial charge in [-0.3, -0.25) is 4.90 Å². The van der Waals surface area contributed by atoms with Gasteiger partial charge in [-0.1, -0.05) is 13.3 Å². The monoisotopic (exact) mass is 199 g/mol. The van der Waals surface area contributed by atoms with Gasteiger partial charge in [0.1, 0.15) is 0 Å². The third-order valence-corrected chi connectivity index (χ3v) is 2.99. The number of urea groups is 1. The van der Waals surface area contributed by atoms with Crippen LogP contribution in [-0.4, -0.2) is 29.7 Å². The number of nitrogens with zero attached hydrogens (tertiary/aromatic N) is 1. The van der Waals surface area contributed by atoms with Gasteiger partial charge in [0.05, 0.1) is 6.17 Å². The summed E-state index contributed by atoms with van der Waals surface area (Å²) in [7, 11) is 0. The second-order valence-corrected chi connectivity index (χ2v) is 3.98. The predicted octanol–water partition coefficient (Wildman–Crippen LogP) is 1.27. The molecule has 1 aliphatic heterocycles. The molecule has 1 saturated heterocycles. The van der Waals surface area contributed by atoms with E-state index in [0.717, 1.165) is 13.0 Å². The van der Waals surface area contributed by atoms with Gasteiger partial charge in [-0.15, -0.1) is 0 Å². The number of rotatable bonds is 3. The predicted molar refractivity (Wildman–Crippen MR) is 56.8 cm³/mol. The fourth-order valence-electron chi connectivity index (χ4n) is 2.26. The fraction of sp³-hybridized carbons (Fsp3) is 0.900. The van der Waals surface area contributed by atoms with E-state index >= 15 is 0 Å². The standard InChI is InChI=1S/C10H21N3O/c1-3-9-6-4-5-7-13(9)8(2)12-10(11)14/h8-9H,3-7H2,1-2H3,(H3,11,12,14). The Kier molecular flexibility index (Phi) is 4.20. The topological polar surface area (TPSA) is 58.4 Å². The Hall–Kier alpha value is -0.770. The first-order valence-corrected chi connectivity index (χ1v) is 5.47. The maximum atomic E-state index is 10.7. The summed E-state index contributed by atoms with van der Waals surface area (Å²) in [6.45, 7) is 5.26. The number of amides is 2. The number of carbonyl (C=O) groups is 1. The van der Waals surface area contributed by atoms with Crippen molar-refractivity contribution in [1.82, 2.24) is 10.2 Å². The van der Waals surface area contributed by atoms with Gasteiger partial charge in [-0.05, 0) is 26.2 Å². The van der Waals surface area contributed by atoms with E-state index in [1.165, 1.54) is 19.3 Å². The summed E-state index contributed by atoms with van der Waals surface area (Å²) < 4.78 is 0. The van der Waals surface area contributed by atoms with E-state index in [2.05, 4.69) is 17.1 Å². The molecule has 0 spiro atoms. The lowest BCUT2D eigenvalue weighted by Crippen LogP contribution is -2.53. The summed E-state index contributed by atoms with van der Waals surface area (Å²) in [5.74, 6) is 0. The van der Waals surface area contributed by atoms with E-state index in [-0.39, 0.29) is 6.17 Å². The van der Waals surface area contributed by atoms with Crippen molar-refractivity contribution in [2.75, 3.05) is 6.54 Å². The Morgan fingerprint density at radius 1 is 1.64 bits per heavy atom. The summed E-state index contributed by atoms with van der Waals surface area (Å²) in [6, 6.07) is 0.170. The number of nitrogens with one attached hydrogen (secondary N) is 1. The molecule has 1 fully saturated rings. The highest BCUT2D eigenvalue weighted by Gasteiger charge is 2.25. The minimum atomic E-state index is -0.432. The number of hydrogen-bond acceptors (Lipinski definition) is 2. The van der Waals surface area contributed by atoms with Crippen LogP contribution in [-0.2, 0) is 0 Å². The summed E-state index contributed by atoms with van der Waals surface area (Å²) >= 11 is 0. The molecule has 4 heteroatoms. The van der Waals surface area contributed by atoms with Crippen molar-refractivity contribution < 1.29 is 4.79 Å². The Balaban J connectivity index is 2.49. The third-order valence-electron chi connectivity index (χ3n) is 2.99. The maximum absolute atomic E-state index is 10.7. The van der Waals surface area contributed by atoms with Gasteiger partial charge in [0.2, 0.25) is 0 Å². The molecule has 0 saturated carbocycles. The lowest BCUT2D eigenvalue weighted by molar-refractivity contribution is 0.0877. The highest BCUT2D eigenvalue weighted by molar-refractivity contribution is 5.71. The summed E-state index contributed by atoms with van der Waals surface area (Å²) in [4.78, 5) is 13.1. The molecule has 0 aromatic heterocycles. The lowest BCUT2D eigenvalue weighted by atomic mass is 9.99. The Labute approximate surface area is 85.8 Å². The van der Waals surface area contributed by atoms with Crippen LogP contribution in [0, 0.1) is 0 Å². The van der Waals surface area contributed by atoms with E-state index in [9.17, 15) is 4.79 Å². The number of piperidine rings is 1. The number of hydrogen-bond donors (Lipinski definition) is 2. The normalized spacial score (nSPS) is 25.7. The first-order valence-electron chi connectivity index (χ1n) is 5.47. The Bertz CT molecular complexity index is 196. The highest BCUT2D eigenvalue weighted by Crippen LogP contribution is 2.20. The first-order chi connectivity index (χ1) is 6.65. The first kappa shape index (κ1) is 11.3. The molecule has 0 bridgehead atoms. The van der Waals surface area contributed by atoms with Gasteiger partial charge in [-0.2, -0.15) is 0 Å². The van der Waals surface area contributed by atoms with Crippen molar-refractivity contribution in [3.63, 3.8) is 0 Å². The van der Waals surface area contributed by atoms with Gasteiger partial charge >= 0.3 is 6.03 Å². The molecule has 1 rings (SSSR count). The number of nitrogens with two attached hydrogens (primary N) is 1. The van der Waals surface area contributed by atoms with Crippen LogP contribution in [0.2, 0.25) is 0 Å². The maximum Gasteiger partial charge on any atom is 0.313 e. The van der Waals surface area contributed by atoms with Crippen molar-refractivity contribution in [2.24, 2.45) is 5.73 Å². The van der Waals surface area contributed by atoms with Gasteiger partial charge in [0, 0.05) is 12.6 Å². The zero-order valence-electron chi connectivity index (χ0n) is 9.12. The molecule has 2 unspecified atom stereocenters. The molecule has 2 amide bonds. The van der Waals surface area contributed by atoms with Gasteiger partial charge in [0.25, 0.3) is 0 Å². The van der Waals surface area contributed by atoms with Gasteiger partial charge in [0.15, 0.2) is 0 Å². The third kappa shape index (κ3) is 2.87. The van der Waals surface area contributed by atoms with Crippen LogP contribution in [0.25, 0.3) is 0 Å². The smallest absolute Gasteiger partial charge is 0.313 e. The van der Waals surface area contributed by atoms with Crippen molar-refractivity contribution in [2.45, 2.75) is 51.7 Å². The largest absolute Gasteiger partial charge is 0.352 e. The molecule has 1 heterocycles. The van der Waals surface area contributed by atoms with E-state index in [0.29, 0.717) is 6.04 Å². The molecule has 4 nitrogen and oxygen atoms in total. The van der Waals surface area contributed by atoms with Crippen molar-refractivity contribution in [3.8, 4) is 0 Å². The van der Waals surface area contributed by atoms with Crippen molar-refractivity contribution in [1.29, 1.82) is 0 Å². The molecule has 0 radical (unpaired) electrons. The molecule has 14 heavy (non-hydrogen) atoms. The molecule has 0 aliphatic carbocycles. The number of primary amides is 1. The van der Waals surface area contributed by atoms with Crippen LogP contribution in [0.4, 0.5) is 4.79 Å². The van der Waals surface area contributed by atoms with Gasteiger partial charge < -0.3 is 11.1 Å². The van der Waals surface area contributed by atoms with Crippen LogP contribution in [0.15, 0.2) is 0 Å². The van der Waals surface area contributed by atoms with E-state index in [1.54, 1.807) is 0 Å². The molecule has 2 atom stereocenters. The van der Waals surface area contributed by atoms with Crippen LogP contribution in [0.3, 0.4) is 0 Å². The molecule has 3 N–H and O–H groups in total. The molecule has 82 valence electrons. The van der Waals surface area contributed by atoms with Crippen LogP contribution in [0.5, 0.6) is 0 Å². The fourth-order valence-corrected chi connectivity index (χ4v) is 2.26. The second-order valence-electron chi connectivity index (χ2n) is 3.98. The minimum absolute atomic E-state index is 0.0674. The van der Waals surface area contributed by atoms with Crippen molar-refractivity contribution in [3.05, 3.63) is 0 Å². The Morgan fingerprint density at radius 3 is 2.93 bits per heavy atom. The zero-order valence-corrected chi connectivity index (χ0v) is 9.12. The lowest BCUT2D eigenvalue weighted by Gasteiger charge is -2.39. The quantitative estimate of drug-likeness (QED) is 0.719. The van der Waals surface area contributed by atoms with E-state index < -0.39 is 6.03 Å². The summed E-state index contributed by atoms with van der Waals surface area (Å²) in [6.07, 6.45) is 4.98. The van der Waals surface area contributed by atoms with Crippen LogP contribution in [0.1, 0.15) is 39.5 Å². The number of likely N-dealkylation sites (tertiary alicyclic amines) is 1. The Morgan fingerprint density at radius 2 is 2.36 bits per heavy atom. The van der Waals surface area contributed by atoms with Gasteiger partial charge in [-0.25, -0.2) is 4.79 Å². The zero-order chi connectivity index (χ0) is 10.6. The van der Waals surface area contributed by atoms with Crippen LogP contribution < -0.4 is 11.1 Å². The average Bonchev–Trinajstić information content (AvgIpc) is 2.16. The highest BCUT2D eigenvalue weighted by atomic mass is 16.2. The minimum Gasteiger partial charge on any atom is -0.352 e. The average molecular weight is 199 g/mol. The van der Waals surface area contributed by atoms with E-state index in [1.807, 2.05) is 6.92 Å². The van der Waals surface area contributed by atoms with Crippen LogP contribution >= 0.6 is 0 Å².